The maximum atomic E-state index is 11.1. The van der Waals surface area contributed by atoms with Crippen molar-refractivity contribution in [3.8, 4) is 0 Å². The van der Waals surface area contributed by atoms with Gasteiger partial charge in [0.1, 0.15) is 0 Å². The van der Waals surface area contributed by atoms with E-state index in [-0.39, 0.29) is 11.9 Å². The molecule has 1 unspecified atom stereocenters. The summed E-state index contributed by atoms with van der Waals surface area (Å²) in [7, 11) is 0. The lowest BCUT2D eigenvalue weighted by molar-refractivity contribution is -0.123. The first-order valence-electron chi connectivity index (χ1n) is 5.38. The number of rotatable bonds is 6. The SMILES string of the molecule is CC(C)CN(CC(C)C)C(C)C(N)=O. The van der Waals surface area contributed by atoms with E-state index in [4.69, 9.17) is 5.73 Å². The van der Waals surface area contributed by atoms with Gasteiger partial charge in [0.15, 0.2) is 0 Å². The Bertz CT molecular complexity index is 168. The normalized spacial score (nSPS) is 14.0. The molecule has 0 saturated heterocycles. The van der Waals surface area contributed by atoms with Crippen molar-refractivity contribution < 1.29 is 4.79 Å². The lowest BCUT2D eigenvalue weighted by Crippen LogP contribution is -2.45. The summed E-state index contributed by atoms with van der Waals surface area (Å²) in [6.07, 6.45) is 0. The molecular weight excluding hydrogens is 176 g/mol. The molecule has 3 nitrogen and oxygen atoms in total. The monoisotopic (exact) mass is 200 g/mol. The van der Waals surface area contributed by atoms with Crippen LogP contribution in [0.25, 0.3) is 0 Å². The van der Waals surface area contributed by atoms with Gasteiger partial charge in [0.05, 0.1) is 6.04 Å². The largest absolute Gasteiger partial charge is 0.368 e. The van der Waals surface area contributed by atoms with Crippen LogP contribution in [0.5, 0.6) is 0 Å². The topological polar surface area (TPSA) is 46.3 Å². The summed E-state index contributed by atoms with van der Waals surface area (Å²) in [6.45, 7) is 12.4. The van der Waals surface area contributed by atoms with E-state index in [2.05, 4.69) is 32.6 Å². The van der Waals surface area contributed by atoms with Crippen molar-refractivity contribution in [3.05, 3.63) is 0 Å². The number of nitrogens with two attached hydrogens (primary N) is 1. The van der Waals surface area contributed by atoms with E-state index in [1.54, 1.807) is 0 Å². The molecule has 0 bridgehead atoms. The van der Waals surface area contributed by atoms with Crippen LogP contribution < -0.4 is 5.73 Å². The molecule has 14 heavy (non-hydrogen) atoms. The highest BCUT2D eigenvalue weighted by Gasteiger charge is 2.20. The summed E-state index contributed by atoms with van der Waals surface area (Å²) >= 11 is 0. The number of carbonyl (C=O) groups excluding carboxylic acids is 1. The number of nitrogens with zero attached hydrogens (tertiary/aromatic N) is 1. The molecule has 0 radical (unpaired) electrons. The fourth-order valence-electron chi connectivity index (χ4n) is 1.51. The van der Waals surface area contributed by atoms with Gasteiger partial charge < -0.3 is 5.73 Å². The summed E-state index contributed by atoms with van der Waals surface area (Å²) in [6, 6.07) is -0.153. The van der Waals surface area contributed by atoms with Gasteiger partial charge in [-0.25, -0.2) is 0 Å². The van der Waals surface area contributed by atoms with Gasteiger partial charge in [-0.1, -0.05) is 27.7 Å². The summed E-state index contributed by atoms with van der Waals surface area (Å²) in [4.78, 5) is 13.2. The molecule has 0 aromatic rings. The maximum Gasteiger partial charge on any atom is 0.234 e. The van der Waals surface area contributed by atoms with Crippen LogP contribution in [0.3, 0.4) is 0 Å². The Hall–Kier alpha value is -0.570. The highest BCUT2D eigenvalue weighted by molar-refractivity contribution is 5.79. The highest BCUT2D eigenvalue weighted by Crippen LogP contribution is 2.07. The minimum atomic E-state index is -0.230. The lowest BCUT2D eigenvalue weighted by atomic mass is 10.1. The fraction of sp³-hybridized carbons (Fsp3) is 0.909. The highest BCUT2D eigenvalue weighted by atomic mass is 16.1. The van der Waals surface area contributed by atoms with Crippen LogP contribution in [0, 0.1) is 11.8 Å². The molecule has 0 rings (SSSR count). The fourth-order valence-corrected chi connectivity index (χ4v) is 1.51. The first-order valence-corrected chi connectivity index (χ1v) is 5.38. The van der Waals surface area contributed by atoms with Crippen molar-refractivity contribution in [1.29, 1.82) is 0 Å². The molecule has 0 aromatic carbocycles. The van der Waals surface area contributed by atoms with Crippen molar-refractivity contribution in [2.24, 2.45) is 17.6 Å². The van der Waals surface area contributed by atoms with E-state index in [1.165, 1.54) is 0 Å². The molecule has 0 heterocycles. The Balaban J connectivity index is 4.30. The van der Waals surface area contributed by atoms with Crippen LogP contribution in [0.2, 0.25) is 0 Å². The van der Waals surface area contributed by atoms with Gasteiger partial charge in [-0.2, -0.15) is 0 Å². The molecule has 2 N–H and O–H groups in total. The molecule has 0 aromatic heterocycles. The quantitative estimate of drug-likeness (QED) is 0.706. The number of amides is 1. The minimum Gasteiger partial charge on any atom is -0.368 e. The van der Waals surface area contributed by atoms with Crippen LogP contribution in [-0.4, -0.2) is 29.9 Å². The number of primary amides is 1. The Kier molecular flexibility index (Phi) is 5.77. The second-order valence-corrected chi connectivity index (χ2v) is 4.82. The van der Waals surface area contributed by atoms with E-state index in [0.29, 0.717) is 11.8 Å². The number of hydrogen-bond donors (Lipinski definition) is 1. The summed E-state index contributed by atoms with van der Waals surface area (Å²) < 4.78 is 0. The first kappa shape index (κ1) is 13.4. The van der Waals surface area contributed by atoms with Gasteiger partial charge in [-0.15, -0.1) is 0 Å². The van der Waals surface area contributed by atoms with Gasteiger partial charge in [0.25, 0.3) is 0 Å². The van der Waals surface area contributed by atoms with Crippen molar-refractivity contribution in [1.82, 2.24) is 4.90 Å². The van der Waals surface area contributed by atoms with Crippen molar-refractivity contribution in [2.75, 3.05) is 13.1 Å². The maximum absolute atomic E-state index is 11.1. The number of hydrogen-bond acceptors (Lipinski definition) is 2. The molecule has 84 valence electrons. The van der Waals surface area contributed by atoms with E-state index in [1.807, 2.05) is 6.92 Å². The zero-order valence-corrected chi connectivity index (χ0v) is 10.1. The molecular formula is C11H24N2O. The molecule has 1 atom stereocenters. The average molecular weight is 200 g/mol. The van der Waals surface area contributed by atoms with E-state index in [9.17, 15) is 4.79 Å². The standard InChI is InChI=1S/C11H24N2O/c1-8(2)6-13(7-9(3)4)10(5)11(12)14/h8-10H,6-7H2,1-5H3,(H2,12,14). The third-order valence-electron chi connectivity index (χ3n) is 2.16. The minimum absolute atomic E-state index is 0.153. The predicted octanol–water partition coefficient (Wildman–Crippen LogP) is 1.47. The Morgan fingerprint density at radius 2 is 1.43 bits per heavy atom. The summed E-state index contributed by atoms with van der Waals surface area (Å²) in [5.74, 6) is 0.900. The predicted molar refractivity (Wildman–Crippen MR) is 59.9 cm³/mol. The van der Waals surface area contributed by atoms with Crippen molar-refractivity contribution in [3.63, 3.8) is 0 Å². The summed E-state index contributed by atoms with van der Waals surface area (Å²) in [5.41, 5.74) is 5.31. The second-order valence-electron chi connectivity index (χ2n) is 4.82. The molecule has 0 aliphatic rings. The molecule has 0 aliphatic heterocycles. The van der Waals surface area contributed by atoms with Gasteiger partial charge in [0, 0.05) is 13.1 Å². The Labute approximate surface area is 87.6 Å². The molecule has 0 spiro atoms. The lowest BCUT2D eigenvalue weighted by Gasteiger charge is -2.30. The van der Waals surface area contributed by atoms with Gasteiger partial charge in [-0.05, 0) is 18.8 Å². The third kappa shape index (κ3) is 5.22. The van der Waals surface area contributed by atoms with Crippen LogP contribution in [0.4, 0.5) is 0 Å². The Morgan fingerprint density at radius 1 is 1.07 bits per heavy atom. The van der Waals surface area contributed by atoms with Gasteiger partial charge >= 0.3 is 0 Å². The molecule has 0 aliphatic carbocycles. The second kappa shape index (κ2) is 6.02. The first-order chi connectivity index (χ1) is 6.34. The van der Waals surface area contributed by atoms with Gasteiger partial charge in [-0.3, -0.25) is 9.69 Å². The smallest absolute Gasteiger partial charge is 0.234 e. The van der Waals surface area contributed by atoms with E-state index in [0.717, 1.165) is 13.1 Å². The molecule has 1 amide bonds. The molecule has 0 saturated carbocycles. The van der Waals surface area contributed by atoms with Gasteiger partial charge in [0.2, 0.25) is 5.91 Å². The Morgan fingerprint density at radius 3 is 1.64 bits per heavy atom. The van der Waals surface area contributed by atoms with Crippen LogP contribution in [-0.2, 0) is 4.79 Å². The van der Waals surface area contributed by atoms with Crippen molar-refractivity contribution in [2.45, 2.75) is 40.7 Å². The third-order valence-corrected chi connectivity index (χ3v) is 2.16. The van der Waals surface area contributed by atoms with E-state index >= 15 is 0 Å². The van der Waals surface area contributed by atoms with Crippen molar-refractivity contribution >= 4 is 5.91 Å². The van der Waals surface area contributed by atoms with Crippen LogP contribution in [0.15, 0.2) is 0 Å². The van der Waals surface area contributed by atoms with Crippen LogP contribution >= 0.6 is 0 Å². The zero-order chi connectivity index (χ0) is 11.3. The molecule has 3 heteroatoms. The summed E-state index contributed by atoms with van der Waals surface area (Å²) in [5, 5.41) is 0. The number of carbonyl (C=O) groups is 1. The molecule has 0 fully saturated rings. The zero-order valence-electron chi connectivity index (χ0n) is 10.1. The van der Waals surface area contributed by atoms with E-state index < -0.39 is 0 Å². The average Bonchev–Trinajstić information content (AvgIpc) is 1.99. The van der Waals surface area contributed by atoms with Crippen LogP contribution in [0.1, 0.15) is 34.6 Å².